The van der Waals surface area contributed by atoms with Crippen LogP contribution in [0, 0.1) is 0 Å². The normalized spacial score (nSPS) is 24.6. The van der Waals surface area contributed by atoms with Crippen LogP contribution in [0.3, 0.4) is 0 Å². The molecule has 198 valence electrons. The maximum absolute atomic E-state index is 14.0. The number of amides is 4. The highest BCUT2D eigenvalue weighted by Gasteiger charge is 2.54. The molecule has 1 N–H and O–H groups in total. The van der Waals surface area contributed by atoms with Crippen LogP contribution >= 0.6 is 0 Å². The zero-order valence-corrected chi connectivity index (χ0v) is 20.3. The number of rotatable bonds is 8. The minimum atomic E-state index is -4.34. The van der Waals surface area contributed by atoms with Crippen molar-refractivity contribution in [2.24, 2.45) is 0 Å². The van der Waals surface area contributed by atoms with E-state index in [1.54, 1.807) is 25.7 Å². The second kappa shape index (κ2) is 10.5. The van der Waals surface area contributed by atoms with Crippen LogP contribution in [0.1, 0.15) is 53.4 Å². The van der Waals surface area contributed by atoms with Gasteiger partial charge in [0.25, 0.3) is 5.91 Å². The number of piperidine rings is 1. The molecule has 14 heteroatoms. The quantitative estimate of drug-likeness (QED) is 0.390. The summed E-state index contributed by atoms with van der Waals surface area (Å²) in [6.45, 7) is 6.90. The summed E-state index contributed by atoms with van der Waals surface area (Å²) in [5, 5.41) is 0.433. The van der Waals surface area contributed by atoms with Crippen molar-refractivity contribution in [3.8, 4) is 0 Å². The topological polar surface area (TPSA) is 127 Å². The molecule has 3 aliphatic rings. The second-order valence-electron chi connectivity index (χ2n) is 9.58. The van der Waals surface area contributed by atoms with E-state index in [-0.39, 0.29) is 38.6 Å². The molecule has 2 bridgehead atoms. The number of fused-ring (bicyclic) bond motifs is 2. The van der Waals surface area contributed by atoms with Crippen molar-refractivity contribution in [1.82, 2.24) is 20.3 Å². The zero-order valence-electron chi connectivity index (χ0n) is 20.3. The lowest BCUT2D eigenvalue weighted by molar-refractivity contribution is -0.329. The van der Waals surface area contributed by atoms with Crippen LogP contribution < -0.4 is 5.48 Å². The van der Waals surface area contributed by atoms with Crippen LogP contribution in [0.2, 0.25) is 0 Å². The van der Waals surface area contributed by atoms with Crippen molar-refractivity contribution >= 4 is 24.0 Å². The molecule has 3 saturated heterocycles. The van der Waals surface area contributed by atoms with Gasteiger partial charge in [0.1, 0.15) is 11.6 Å². The molecule has 4 amide bonds. The first-order chi connectivity index (χ1) is 16.3. The number of carbonyl (C=O) groups is 4. The molecule has 12 nitrogen and oxygen atoms in total. The Labute approximate surface area is 201 Å². The lowest BCUT2D eigenvalue weighted by Gasteiger charge is -2.30. The number of esters is 1. The van der Waals surface area contributed by atoms with Crippen molar-refractivity contribution in [1.29, 1.82) is 0 Å². The molecule has 0 radical (unpaired) electrons. The van der Waals surface area contributed by atoms with E-state index in [0.29, 0.717) is 18.0 Å². The van der Waals surface area contributed by atoms with Crippen LogP contribution in [0.5, 0.6) is 0 Å². The Kier molecular flexibility index (Phi) is 8.04. The molecule has 3 rings (SSSR count). The van der Waals surface area contributed by atoms with Gasteiger partial charge >= 0.3 is 24.2 Å². The van der Waals surface area contributed by atoms with Gasteiger partial charge in [0.15, 0.2) is 0 Å². The van der Waals surface area contributed by atoms with E-state index in [1.165, 1.54) is 6.92 Å². The molecule has 35 heavy (non-hydrogen) atoms. The fraction of sp³-hybridized carbons (Fsp3) is 0.810. The van der Waals surface area contributed by atoms with Crippen LogP contribution in [0.15, 0.2) is 0 Å². The van der Waals surface area contributed by atoms with Crippen LogP contribution in [-0.4, -0.2) is 95.0 Å². The van der Waals surface area contributed by atoms with E-state index in [0.717, 1.165) is 11.3 Å². The average molecular weight is 507 g/mol. The smallest absolute Gasteiger partial charge is 0.460 e. The first-order valence-electron chi connectivity index (χ1n) is 11.6. The van der Waals surface area contributed by atoms with E-state index in [2.05, 4.69) is 15.1 Å². The van der Waals surface area contributed by atoms with E-state index in [4.69, 9.17) is 9.57 Å². The Morgan fingerprint density at radius 3 is 2.51 bits per heavy atom. The molecular formula is C21H32F2N4O8. The first kappa shape index (κ1) is 26.9. The monoisotopic (exact) mass is 506 g/mol. The standard InChI is InChI=1S/C21H32F2N4O8/c1-5-32-17(29)21(22,23)35-27-13-8-9-15(26(11-13)18(27)30)16(28)24-33-12-14-7-6-10-25(14)19(31)34-20(2,3)4/h13-15H,5-12H2,1-4H3,(H,24,28)/t13-,14-,15-/m0/s1. The summed E-state index contributed by atoms with van der Waals surface area (Å²) in [6, 6.07) is -2.95. The summed E-state index contributed by atoms with van der Waals surface area (Å²) in [5.74, 6) is -2.53. The maximum atomic E-state index is 14.0. The molecule has 3 aliphatic heterocycles. The highest BCUT2D eigenvalue weighted by atomic mass is 19.3. The number of hydroxylamine groups is 3. The van der Waals surface area contributed by atoms with Crippen molar-refractivity contribution in [3.63, 3.8) is 0 Å². The largest absolute Gasteiger partial charge is 0.477 e. The molecular weight excluding hydrogens is 474 g/mol. The lowest BCUT2D eigenvalue weighted by Crippen LogP contribution is -2.50. The molecule has 3 atom stereocenters. The maximum Gasteiger partial charge on any atom is 0.477 e. The summed E-state index contributed by atoms with van der Waals surface area (Å²) in [7, 11) is 0. The second-order valence-corrected chi connectivity index (χ2v) is 9.58. The third-order valence-corrected chi connectivity index (χ3v) is 5.81. The highest BCUT2D eigenvalue weighted by molar-refractivity contribution is 5.88. The van der Waals surface area contributed by atoms with Gasteiger partial charge in [-0.05, 0) is 53.4 Å². The Bertz CT molecular complexity index is 837. The van der Waals surface area contributed by atoms with Crippen LogP contribution in [0.4, 0.5) is 18.4 Å². The van der Waals surface area contributed by atoms with E-state index in [9.17, 15) is 28.0 Å². The molecule has 3 heterocycles. The fourth-order valence-corrected chi connectivity index (χ4v) is 4.25. The third-order valence-electron chi connectivity index (χ3n) is 5.81. The van der Waals surface area contributed by atoms with Crippen LogP contribution in [-0.2, 0) is 28.7 Å². The van der Waals surface area contributed by atoms with Gasteiger partial charge in [-0.15, -0.1) is 0 Å². The number of likely N-dealkylation sites (tertiary alicyclic amines) is 1. The number of carbonyl (C=O) groups excluding carboxylic acids is 4. The Balaban J connectivity index is 1.51. The summed E-state index contributed by atoms with van der Waals surface area (Å²) >= 11 is 0. The number of urea groups is 1. The summed E-state index contributed by atoms with van der Waals surface area (Å²) in [5.41, 5.74) is 1.65. The Morgan fingerprint density at radius 2 is 1.86 bits per heavy atom. The molecule has 0 saturated carbocycles. The van der Waals surface area contributed by atoms with Gasteiger partial charge in [-0.3, -0.25) is 9.63 Å². The van der Waals surface area contributed by atoms with Crippen LogP contribution in [0.25, 0.3) is 0 Å². The number of ether oxygens (including phenoxy) is 2. The SMILES string of the molecule is CCOC(=O)C(F)(F)ON1C(=O)N2C[C@@H]1CC[C@H]2C(=O)NOC[C@@H]1CCCN1C(=O)OC(C)(C)C. The number of halogens is 2. The zero-order chi connectivity index (χ0) is 26.0. The molecule has 0 aliphatic carbocycles. The van der Waals surface area contributed by atoms with Gasteiger partial charge < -0.3 is 19.3 Å². The Morgan fingerprint density at radius 1 is 1.14 bits per heavy atom. The molecule has 0 spiro atoms. The molecule has 0 unspecified atom stereocenters. The first-order valence-corrected chi connectivity index (χ1v) is 11.6. The van der Waals surface area contributed by atoms with Gasteiger partial charge in [-0.1, -0.05) is 0 Å². The molecule has 0 aromatic carbocycles. The molecule has 0 aromatic heterocycles. The van der Waals surface area contributed by atoms with Gasteiger partial charge in [0, 0.05) is 13.1 Å². The molecule has 0 aromatic rings. The number of hydrogen-bond acceptors (Lipinski definition) is 8. The third kappa shape index (κ3) is 6.28. The van der Waals surface area contributed by atoms with E-state index >= 15 is 0 Å². The lowest BCUT2D eigenvalue weighted by atomic mass is 10.0. The minimum Gasteiger partial charge on any atom is -0.460 e. The van der Waals surface area contributed by atoms with Gasteiger partial charge in [-0.2, -0.15) is 18.7 Å². The van der Waals surface area contributed by atoms with E-state index in [1.807, 2.05) is 0 Å². The van der Waals surface area contributed by atoms with Crippen molar-refractivity contribution < 1.29 is 47.1 Å². The fourth-order valence-electron chi connectivity index (χ4n) is 4.25. The number of nitrogens with one attached hydrogen (secondary N) is 1. The highest BCUT2D eigenvalue weighted by Crippen LogP contribution is 2.33. The van der Waals surface area contributed by atoms with Gasteiger partial charge in [0.05, 0.1) is 25.3 Å². The predicted molar refractivity (Wildman–Crippen MR) is 113 cm³/mol. The van der Waals surface area contributed by atoms with Crippen molar-refractivity contribution in [2.75, 3.05) is 26.3 Å². The van der Waals surface area contributed by atoms with Gasteiger partial charge in [-0.25, -0.2) is 19.9 Å². The summed E-state index contributed by atoms with van der Waals surface area (Å²) in [6.07, 6.45) is -2.98. The molecule has 3 fully saturated rings. The number of alkyl halides is 2. The van der Waals surface area contributed by atoms with Crippen molar-refractivity contribution in [3.05, 3.63) is 0 Å². The average Bonchev–Trinajstić information content (AvgIpc) is 3.32. The van der Waals surface area contributed by atoms with Gasteiger partial charge in [0.2, 0.25) is 0 Å². The number of nitrogens with zero attached hydrogens (tertiary/aromatic N) is 3. The Hall–Kier alpha value is -2.74. The van der Waals surface area contributed by atoms with E-state index < -0.39 is 47.8 Å². The number of hydrogen-bond donors (Lipinski definition) is 1. The van der Waals surface area contributed by atoms with Crippen molar-refractivity contribution in [2.45, 2.75) is 83.2 Å². The predicted octanol–water partition coefficient (Wildman–Crippen LogP) is 1.79. The summed E-state index contributed by atoms with van der Waals surface area (Å²) in [4.78, 5) is 61.5. The minimum absolute atomic E-state index is 0.0229. The summed E-state index contributed by atoms with van der Waals surface area (Å²) < 4.78 is 37.7.